The van der Waals surface area contributed by atoms with Gasteiger partial charge in [-0.1, -0.05) is 0 Å². The van der Waals surface area contributed by atoms with Crippen molar-refractivity contribution in [2.45, 2.75) is 15.9 Å². The fourth-order valence-corrected chi connectivity index (χ4v) is 4.03. The lowest BCUT2D eigenvalue weighted by Crippen LogP contribution is -2.33. The molecule has 0 aromatic heterocycles. The standard InChI is InChI=1S/C12H16FNO3S2/c1-18-12-9(13)5-8(6-11(12)19(2,15)16)10-7-14-3-4-17-10/h5-6,10,14H,3-4,7H2,1-2H3. The molecule has 1 aliphatic rings. The molecule has 1 N–H and O–H groups in total. The van der Waals surface area contributed by atoms with Crippen LogP contribution in [0, 0.1) is 5.82 Å². The maximum Gasteiger partial charge on any atom is 0.176 e. The maximum absolute atomic E-state index is 14.0. The highest BCUT2D eigenvalue weighted by molar-refractivity contribution is 7.99. The number of ether oxygens (including phenoxy) is 1. The van der Waals surface area contributed by atoms with Crippen LogP contribution in [0.4, 0.5) is 4.39 Å². The van der Waals surface area contributed by atoms with E-state index in [0.29, 0.717) is 18.7 Å². The SMILES string of the molecule is CSc1c(F)cc(C2CNCCO2)cc1S(C)(=O)=O. The van der Waals surface area contributed by atoms with E-state index in [2.05, 4.69) is 5.32 Å². The van der Waals surface area contributed by atoms with Crippen molar-refractivity contribution in [1.29, 1.82) is 0 Å². The Bertz CT molecular complexity index is 569. The minimum Gasteiger partial charge on any atom is -0.371 e. The van der Waals surface area contributed by atoms with Crippen LogP contribution in [-0.2, 0) is 14.6 Å². The first-order valence-corrected chi connectivity index (χ1v) is 8.95. The Labute approximate surface area is 116 Å². The van der Waals surface area contributed by atoms with Gasteiger partial charge in [-0.25, -0.2) is 12.8 Å². The summed E-state index contributed by atoms with van der Waals surface area (Å²) < 4.78 is 43.1. The summed E-state index contributed by atoms with van der Waals surface area (Å²) in [6.07, 6.45) is 2.44. The Morgan fingerprint density at radius 2 is 2.21 bits per heavy atom. The second-order valence-corrected chi connectivity index (χ2v) is 7.17. The number of halogens is 1. The number of thioether (sulfide) groups is 1. The second-order valence-electron chi connectivity index (χ2n) is 4.37. The number of sulfone groups is 1. The van der Waals surface area contributed by atoms with E-state index in [1.165, 1.54) is 12.1 Å². The lowest BCUT2D eigenvalue weighted by molar-refractivity contribution is 0.0273. The van der Waals surface area contributed by atoms with Gasteiger partial charge in [0.25, 0.3) is 0 Å². The Balaban J connectivity index is 2.50. The van der Waals surface area contributed by atoms with Gasteiger partial charge in [-0.3, -0.25) is 0 Å². The van der Waals surface area contributed by atoms with Gasteiger partial charge in [0.1, 0.15) is 5.82 Å². The van der Waals surface area contributed by atoms with Gasteiger partial charge in [0.15, 0.2) is 9.84 Å². The van der Waals surface area contributed by atoms with Gasteiger partial charge in [0, 0.05) is 19.3 Å². The Morgan fingerprint density at radius 1 is 1.47 bits per heavy atom. The molecule has 1 aliphatic heterocycles. The summed E-state index contributed by atoms with van der Waals surface area (Å²) in [7, 11) is -3.47. The molecule has 0 bridgehead atoms. The van der Waals surface area contributed by atoms with Crippen molar-refractivity contribution in [2.24, 2.45) is 0 Å². The first kappa shape index (κ1) is 14.8. The lowest BCUT2D eigenvalue weighted by atomic mass is 10.1. The molecular weight excluding hydrogens is 289 g/mol. The monoisotopic (exact) mass is 305 g/mol. The van der Waals surface area contributed by atoms with E-state index in [9.17, 15) is 12.8 Å². The summed E-state index contributed by atoms with van der Waals surface area (Å²) in [5.74, 6) is -0.514. The summed E-state index contributed by atoms with van der Waals surface area (Å²) >= 11 is 1.09. The molecule has 0 saturated carbocycles. The highest BCUT2D eigenvalue weighted by Gasteiger charge is 2.23. The second kappa shape index (κ2) is 5.78. The number of hydrogen-bond donors (Lipinski definition) is 1. The van der Waals surface area contributed by atoms with Crippen LogP contribution in [0.25, 0.3) is 0 Å². The van der Waals surface area contributed by atoms with Crippen molar-refractivity contribution in [3.05, 3.63) is 23.5 Å². The number of benzene rings is 1. The van der Waals surface area contributed by atoms with Gasteiger partial charge in [-0.05, 0) is 24.0 Å². The van der Waals surface area contributed by atoms with Crippen LogP contribution in [0.2, 0.25) is 0 Å². The average Bonchev–Trinajstić information content (AvgIpc) is 2.37. The van der Waals surface area contributed by atoms with Crippen molar-refractivity contribution in [2.75, 3.05) is 32.2 Å². The number of morpholine rings is 1. The van der Waals surface area contributed by atoms with Crippen molar-refractivity contribution < 1.29 is 17.5 Å². The molecule has 2 rings (SSSR count). The first-order valence-electron chi connectivity index (χ1n) is 5.83. The van der Waals surface area contributed by atoms with Crippen molar-refractivity contribution in [1.82, 2.24) is 5.32 Å². The molecule has 0 aliphatic carbocycles. The van der Waals surface area contributed by atoms with E-state index in [1.807, 2.05) is 0 Å². The highest BCUT2D eigenvalue weighted by atomic mass is 32.2. The molecular formula is C12H16FNO3S2. The topological polar surface area (TPSA) is 55.4 Å². The van der Waals surface area contributed by atoms with E-state index in [-0.39, 0.29) is 15.9 Å². The summed E-state index contributed by atoms with van der Waals surface area (Å²) in [5, 5.41) is 3.14. The van der Waals surface area contributed by atoms with Crippen molar-refractivity contribution >= 4 is 21.6 Å². The molecule has 19 heavy (non-hydrogen) atoms. The quantitative estimate of drug-likeness (QED) is 0.860. The number of hydrogen-bond acceptors (Lipinski definition) is 5. The summed E-state index contributed by atoms with van der Waals surface area (Å²) in [6, 6.07) is 2.88. The van der Waals surface area contributed by atoms with E-state index in [0.717, 1.165) is 24.6 Å². The zero-order chi connectivity index (χ0) is 14.0. The summed E-state index contributed by atoms with van der Waals surface area (Å²) in [5.41, 5.74) is 0.558. The number of rotatable bonds is 3. The molecule has 1 aromatic rings. The van der Waals surface area contributed by atoms with Gasteiger partial charge in [-0.2, -0.15) is 0 Å². The van der Waals surface area contributed by atoms with Crippen LogP contribution < -0.4 is 5.32 Å². The van der Waals surface area contributed by atoms with Crippen LogP contribution in [-0.4, -0.2) is 40.6 Å². The average molecular weight is 305 g/mol. The van der Waals surface area contributed by atoms with Gasteiger partial charge in [0.05, 0.1) is 22.5 Å². The van der Waals surface area contributed by atoms with E-state index in [1.54, 1.807) is 6.26 Å². The lowest BCUT2D eigenvalue weighted by Gasteiger charge is -2.24. The molecule has 1 unspecified atom stereocenters. The van der Waals surface area contributed by atoms with Crippen LogP contribution in [0.15, 0.2) is 21.9 Å². The molecule has 7 heteroatoms. The maximum atomic E-state index is 14.0. The summed E-state index contributed by atoms with van der Waals surface area (Å²) in [4.78, 5) is 0.194. The van der Waals surface area contributed by atoms with Gasteiger partial charge in [-0.15, -0.1) is 11.8 Å². The molecule has 1 fully saturated rings. The zero-order valence-corrected chi connectivity index (χ0v) is 12.4. The Hall–Kier alpha value is -0.630. The van der Waals surface area contributed by atoms with Crippen molar-refractivity contribution in [3.63, 3.8) is 0 Å². The molecule has 1 heterocycles. The third-order valence-corrected chi connectivity index (χ3v) is 5.01. The molecule has 0 radical (unpaired) electrons. The molecule has 1 atom stereocenters. The Morgan fingerprint density at radius 3 is 2.74 bits per heavy atom. The predicted molar refractivity (Wildman–Crippen MR) is 72.9 cm³/mol. The van der Waals surface area contributed by atoms with E-state index in [4.69, 9.17) is 4.74 Å². The molecule has 0 spiro atoms. The molecule has 4 nitrogen and oxygen atoms in total. The van der Waals surface area contributed by atoms with Crippen LogP contribution in [0.5, 0.6) is 0 Å². The van der Waals surface area contributed by atoms with Gasteiger partial charge in [0.2, 0.25) is 0 Å². The third kappa shape index (κ3) is 3.28. The minimum atomic E-state index is -3.47. The van der Waals surface area contributed by atoms with Gasteiger partial charge >= 0.3 is 0 Å². The summed E-state index contributed by atoms with van der Waals surface area (Å²) in [6.45, 7) is 1.84. The molecule has 106 valence electrons. The first-order chi connectivity index (χ1) is 8.93. The van der Waals surface area contributed by atoms with Crippen LogP contribution >= 0.6 is 11.8 Å². The number of nitrogens with one attached hydrogen (secondary N) is 1. The fourth-order valence-electron chi connectivity index (χ4n) is 2.03. The molecule has 1 aromatic carbocycles. The van der Waals surface area contributed by atoms with Crippen LogP contribution in [0.3, 0.4) is 0 Å². The smallest absolute Gasteiger partial charge is 0.176 e. The fraction of sp³-hybridized carbons (Fsp3) is 0.500. The van der Waals surface area contributed by atoms with E-state index < -0.39 is 15.7 Å². The third-order valence-electron chi connectivity index (χ3n) is 2.93. The largest absolute Gasteiger partial charge is 0.371 e. The highest BCUT2D eigenvalue weighted by Crippen LogP contribution is 2.32. The van der Waals surface area contributed by atoms with Gasteiger partial charge < -0.3 is 10.1 Å². The predicted octanol–water partition coefficient (Wildman–Crippen LogP) is 1.61. The normalized spacial score (nSPS) is 20.5. The van der Waals surface area contributed by atoms with Crippen LogP contribution in [0.1, 0.15) is 11.7 Å². The van der Waals surface area contributed by atoms with Crippen molar-refractivity contribution in [3.8, 4) is 0 Å². The zero-order valence-electron chi connectivity index (χ0n) is 10.8. The minimum absolute atomic E-state index is 0.0316. The van der Waals surface area contributed by atoms with E-state index >= 15 is 0 Å². The Kier molecular flexibility index (Phi) is 4.50. The molecule has 0 amide bonds. The molecule has 1 saturated heterocycles.